The summed E-state index contributed by atoms with van der Waals surface area (Å²) in [5.41, 5.74) is 0.847. The zero-order chi connectivity index (χ0) is 11.4. The summed E-state index contributed by atoms with van der Waals surface area (Å²) in [5, 5.41) is 0.0792. The molecule has 0 N–H and O–H groups in total. The van der Waals surface area contributed by atoms with Gasteiger partial charge in [-0.1, -0.05) is 11.6 Å². The first-order chi connectivity index (χ1) is 7.04. The van der Waals surface area contributed by atoms with Crippen molar-refractivity contribution in [2.75, 3.05) is 7.11 Å². The summed E-state index contributed by atoms with van der Waals surface area (Å²) in [6, 6.07) is 5.26. The Morgan fingerprint density at radius 1 is 1.53 bits per heavy atom. The van der Waals surface area contributed by atoms with Gasteiger partial charge in [0.25, 0.3) is 0 Å². The Balaban J connectivity index is 2.91. The zero-order valence-corrected chi connectivity index (χ0v) is 10.1. The second-order valence-electron chi connectivity index (χ2n) is 3.24. The van der Waals surface area contributed by atoms with Gasteiger partial charge in [0.2, 0.25) is 0 Å². The number of benzene rings is 1. The molecular formula is C11H12Cl2O2. The highest BCUT2D eigenvalue weighted by molar-refractivity contribution is 6.31. The van der Waals surface area contributed by atoms with E-state index in [2.05, 4.69) is 0 Å². The van der Waals surface area contributed by atoms with Crippen molar-refractivity contribution in [2.24, 2.45) is 0 Å². The van der Waals surface area contributed by atoms with Crippen molar-refractivity contribution in [3.05, 3.63) is 28.8 Å². The number of ketones is 1. The largest absolute Gasteiger partial charge is 0.496 e. The van der Waals surface area contributed by atoms with Gasteiger partial charge in [-0.05, 0) is 37.1 Å². The Labute approximate surface area is 99.1 Å². The predicted molar refractivity (Wildman–Crippen MR) is 62.0 cm³/mol. The maximum absolute atomic E-state index is 11.0. The van der Waals surface area contributed by atoms with Crippen LogP contribution in [-0.4, -0.2) is 18.3 Å². The lowest BCUT2D eigenvalue weighted by Crippen LogP contribution is -2.13. The Morgan fingerprint density at radius 2 is 2.20 bits per heavy atom. The first-order valence-electron chi connectivity index (χ1n) is 4.51. The van der Waals surface area contributed by atoms with Crippen LogP contribution in [0.25, 0.3) is 0 Å². The third-order valence-corrected chi connectivity index (χ3v) is 2.78. The highest BCUT2D eigenvalue weighted by Gasteiger charge is 2.14. The maximum Gasteiger partial charge on any atom is 0.147 e. The number of alkyl halides is 1. The van der Waals surface area contributed by atoms with E-state index in [9.17, 15) is 4.79 Å². The normalized spacial score (nSPS) is 12.3. The van der Waals surface area contributed by atoms with E-state index in [1.165, 1.54) is 6.92 Å². The van der Waals surface area contributed by atoms with Crippen molar-refractivity contribution in [3.8, 4) is 5.75 Å². The maximum atomic E-state index is 11.0. The lowest BCUT2D eigenvalue weighted by atomic mass is 10.1. The van der Waals surface area contributed by atoms with Crippen molar-refractivity contribution in [1.29, 1.82) is 0 Å². The number of carbonyl (C=O) groups is 1. The molecule has 0 radical (unpaired) electrons. The molecule has 0 fully saturated rings. The standard InChI is InChI=1S/C11H12Cl2O2/c1-7(14)10(13)6-8-5-9(12)3-4-11(8)15-2/h3-5,10H,6H2,1-2H3. The van der Waals surface area contributed by atoms with Crippen LogP contribution in [0.5, 0.6) is 5.75 Å². The molecule has 15 heavy (non-hydrogen) atoms. The molecule has 0 saturated heterocycles. The van der Waals surface area contributed by atoms with Gasteiger partial charge in [-0.3, -0.25) is 4.79 Å². The van der Waals surface area contributed by atoms with Gasteiger partial charge in [-0.2, -0.15) is 0 Å². The Hall–Kier alpha value is -0.730. The van der Waals surface area contributed by atoms with E-state index in [1.54, 1.807) is 25.3 Å². The number of halogens is 2. The summed E-state index contributed by atoms with van der Waals surface area (Å²) in [6.45, 7) is 1.47. The molecule has 0 bridgehead atoms. The minimum atomic E-state index is -0.530. The predicted octanol–water partition coefficient (Wildman–Crippen LogP) is 3.09. The summed E-state index contributed by atoms with van der Waals surface area (Å²) in [7, 11) is 1.57. The first kappa shape index (κ1) is 12.3. The van der Waals surface area contributed by atoms with Crippen molar-refractivity contribution in [3.63, 3.8) is 0 Å². The lowest BCUT2D eigenvalue weighted by Gasteiger charge is -2.10. The molecule has 0 spiro atoms. The van der Waals surface area contributed by atoms with Crippen LogP contribution >= 0.6 is 23.2 Å². The summed E-state index contributed by atoms with van der Waals surface area (Å²) >= 11 is 11.7. The number of methoxy groups -OCH3 is 1. The monoisotopic (exact) mass is 246 g/mol. The smallest absolute Gasteiger partial charge is 0.147 e. The minimum absolute atomic E-state index is 0.0568. The van der Waals surface area contributed by atoms with Crippen LogP contribution < -0.4 is 4.74 Å². The molecule has 0 heterocycles. The van der Waals surface area contributed by atoms with Gasteiger partial charge in [-0.15, -0.1) is 11.6 Å². The SMILES string of the molecule is COc1ccc(Cl)cc1CC(Cl)C(C)=O. The topological polar surface area (TPSA) is 26.3 Å². The third kappa shape index (κ3) is 3.40. The zero-order valence-electron chi connectivity index (χ0n) is 8.59. The van der Waals surface area contributed by atoms with Crippen LogP contribution in [0.1, 0.15) is 12.5 Å². The fraction of sp³-hybridized carbons (Fsp3) is 0.364. The van der Waals surface area contributed by atoms with Crippen molar-refractivity contribution < 1.29 is 9.53 Å². The molecular weight excluding hydrogens is 235 g/mol. The Morgan fingerprint density at radius 3 is 2.73 bits per heavy atom. The fourth-order valence-corrected chi connectivity index (χ4v) is 1.60. The third-order valence-electron chi connectivity index (χ3n) is 2.08. The first-order valence-corrected chi connectivity index (χ1v) is 5.33. The summed E-state index contributed by atoms with van der Waals surface area (Å²) in [5.74, 6) is 0.644. The molecule has 1 rings (SSSR count). The molecule has 0 aliphatic carbocycles. The molecule has 1 atom stereocenters. The van der Waals surface area contributed by atoms with Crippen LogP contribution in [0.2, 0.25) is 5.02 Å². The van der Waals surface area contributed by atoms with E-state index in [1.807, 2.05) is 0 Å². The van der Waals surface area contributed by atoms with Gasteiger partial charge in [0, 0.05) is 5.02 Å². The molecule has 0 aliphatic heterocycles. The number of ether oxygens (including phenoxy) is 1. The molecule has 1 unspecified atom stereocenters. The van der Waals surface area contributed by atoms with Gasteiger partial charge in [-0.25, -0.2) is 0 Å². The molecule has 82 valence electrons. The lowest BCUT2D eigenvalue weighted by molar-refractivity contribution is -0.116. The van der Waals surface area contributed by atoms with Gasteiger partial charge in [0.15, 0.2) is 0 Å². The Bertz CT molecular complexity index is 364. The van der Waals surface area contributed by atoms with E-state index < -0.39 is 5.38 Å². The van der Waals surface area contributed by atoms with Crippen molar-refractivity contribution in [1.82, 2.24) is 0 Å². The number of hydrogen-bond donors (Lipinski definition) is 0. The van der Waals surface area contributed by atoms with Gasteiger partial charge in [0.1, 0.15) is 11.5 Å². The van der Waals surface area contributed by atoms with Gasteiger partial charge >= 0.3 is 0 Å². The number of hydrogen-bond acceptors (Lipinski definition) is 2. The summed E-state index contributed by atoms with van der Waals surface area (Å²) in [6.07, 6.45) is 0.431. The van der Waals surface area contributed by atoms with E-state index in [0.717, 1.165) is 5.56 Å². The molecule has 1 aromatic carbocycles. The average molecular weight is 247 g/mol. The van der Waals surface area contributed by atoms with Crippen LogP contribution in [0.3, 0.4) is 0 Å². The number of carbonyl (C=O) groups excluding carboxylic acids is 1. The van der Waals surface area contributed by atoms with E-state index in [-0.39, 0.29) is 5.78 Å². The second kappa shape index (κ2) is 5.38. The molecule has 0 aromatic heterocycles. The molecule has 1 aromatic rings. The van der Waals surface area contributed by atoms with E-state index >= 15 is 0 Å². The molecule has 2 nitrogen and oxygen atoms in total. The number of rotatable bonds is 4. The highest BCUT2D eigenvalue weighted by atomic mass is 35.5. The van der Waals surface area contributed by atoms with E-state index in [4.69, 9.17) is 27.9 Å². The van der Waals surface area contributed by atoms with E-state index in [0.29, 0.717) is 17.2 Å². The van der Waals surface area contributed by atoms with Crippen LogP contribution in [0.15, 0.2) is 18.2 Å². The van der Waals surface area contributed by atoms with Crippen molar-refractivity contribution >= 4 is 29.0 Å². The molecule has 4 heteroatoms. The van der Waals surface area contributed by atoms with Crippen LogP contribution in [0, 0.1) is 0 Å². The van der Waals surface area contributed by atoms with Crippen molar-refractivity contribution in [2.45, 2.75) is 18.7 Å². The van der Waals surface area contributed by atoms with Crippen LogP contribution in [-0.2, 0) is 11.2 Å². The minimum Gasteiger partial charge on any atom is -0.496 e. The second-order valence-corrected chi connectivity index (χ2v) is 4.20. The highest BCUT2D eigenvalue weighted by Crippen LogP contribution is 2.25. The molecule has 0 aliphatic rings. The quantitative estimate of drug-likeness (QED) is 0.764. The van der Waals surface area contributed by atoms with Gasteiger partial charge in [0.05, 0.1) is 12.5 Å². The Kier molecular flexibility index (Phi) is 4.43. The fourth-order valence-electron chi connectivity index (χ4n) is 1.24. The molecule has 0 amide bonds. The summed E-state index contributed by atoms with van der Waals surface area (Å²) < 4.78 is 5.15. The van der Waals surface area contributed by atoms with Crippen LogP contribution in [0.4, 0.5) is 0 Å². The number of Topliss-reactive ketones (excluding diaryl/α,β-unsaturated/α-hetero) is 1. The average Bonchev–Trinajstić information content (AvgIpc) is 2.18. The molecule has 0 saturated carbocycles. The van der Waals surface area contributed by atoms with Gasteiger partial charge < -0.3 is 4.74 Å². The summed E-state index contributed by atoms with van der Waals surface area (Å²) in [4.78, 5) is 11.0.